The number of aromatic nitrogens is 2. The van der Waals surface area contributed by atoms with E-state index < -0.39 is 5.82 Å². The standard InChI is InChI=1S/C22H21FN6O/c1-10-15(7-27-9-17(10)25)14-5-12-6-18(28-8-16(12)21(26)20(14)23)29-22(30)19-11(2)13(19)3-4-24/h5-9,11,13,19H,3,25-26H2,1-2H3,(H,28,29,30)/t11-,13+,19+/m0/s1. The van der Waals surface area contributed by atoms with E-state index in [-0.39, 0.29) is 34.9 Å². The van der Waals surface area contributed by atoms with E-state index in [1.165, 1.54) is 12.4 Å². The first-order valence-electron chi connectivity index (χ1n) is 9.59. The molecule has 4 rings (SSSR count). The Hall–Kier alpha value is -3.73. The van der Waals surface area contributed by atoms with Gasteiger partial charge in [-0.2, -0.15) is 5.26 Å². The molecule has 0 spiro atoms. The van der Waals surface area contributed by atoms with E-state index in [4.69, 9.17) is 16.7 Å². The molecule has 0 unspecified atom stereocenters. The van der Waals surface area contributed by atoms with E-state index in [1.807, 2.05) is 6.92 Å². The molecule has 7 nitrogen and oxygen atoms in total. The van der Waals surface area contributed by atoms with Crippen LogP contribution in [0.25, 0.3) is 21.9 Å². The molecule has 3 atom stereocenters. The summed E-state index contributed by atoms with van der Waals surface area (Å²) in [6, 6.07) is 5.43. The summed E-state index contributed by atoms with van der Waals surface area (Å²) in [6.45, 7) is 3.75. The Balaban J connectivity index is 1.71. The van der Waals surface area contributed by atoms with E-state index in [9.17, 15) is 9.18 Å². The second kappa shape index (κ2) is 7.26. The number of halogens is 1. The number of amides is 1. The number of anilines is 3. The number of nitrogens with one attached hydrogen (secondary N) is 1. The summed E-state index contributed by atoms with van der Waals surface area (Å²) in [7, 11) is 0. The molecule has 0 saturated heterocycles. The Morgan fingerprint density at radius 1 is 1.27 bits per heavy atom. The van der Waals surface area contributed by atoms with E-state index >= 15 is 0 Å². The maximum absolute atomic E-state index is 15.0. The summed E-state index contributed by atoms with van der Waals surface area (Å²) < 4.78 is 15.0. The van der Waals surface area contributed by atoms with Gasteiger partial charge in [-0.3, -0.25) is 9.78 Å². The minimum atomic E-state index is -0.567. The first kappa shape index (κ1) is 19.6. The van der Waals surface area contributed by atoms with Crippen LogP contribution in [0.15, 0.2) is 30.7 Å². The third kappa shape index (κ3) is 3.18. The lowest BCUT2D eigenvalue weighted by molar-refractivity contribution is -0.117. The molecular weight excluding hydrogens is 383 g/mol. The Labute approximate surface area is 172 Å². The fourth-order valence-electron chi connectivity index (χ4n) is 3.98. The Morgan fingerprint density at radius 3 is 2.77 bits per heavy atom. The molecule has 30 heavy (non-hydrogen) atoms. The number of nitrogens with two attached hydrogens (primary N) is 2. The minimum absolute atomic E-state index is 0.0281. The van der Waals surface area contributed by atoms with Gasteiger partial charge < -0.3 is 16.8 Å². The molecular formula is C22H21FN6O. The third-order valence-corrected chi connectivity index (χ3v) is 5.99. The molecule has 1 amide bonds. The van der Waals surface area contributed by atoms with Gasteiger partial charge in [-0.05, 0) is 41.8 Å². The Kier molecular flexibility index (Phi) is 4.74. The van der Waals surface area contributed by atoms with E-state index in [0.717, 1.165) is 0 Å². The second-order valence-electron chi connectivity index (χ2n) is 7.74. The quantitative estimate of drug-likeness (QED) is 0.569. The topological polar surface area (TPSA) is 131 Å². The SMILES string of the molecule is Cc1c(N)cncc1-c1cc2cc(NC(=O)[C@@H]3[C@@H](C)[C@H]3CC#N)ncc2c(N)c1F. The molecule has 8 heteroatoms. The lowest BCUT2D eigenvalue weighted by Gasteiger charge is -2.13. The van der Waals surface area contributed by atoms with Crippen LogP contribution in [0.3, 0.4) is 0 Å². The van der Waals surface area contributed by atoms with Crippen LogP contribution in [-0.4, -0.2) is 15.9 Å². The number of nitriles is 1. The number of benzene rings is 1. The van der Waals surface area contributed by atoms with Crippen molar-refractivity contribution in [2.24, 2.45) is 17.8 Å². The molecule has 0 radical (unpaired) electrons. The van der Waals surface area contributed by atoms with Gasteiger partial charge in [0.1, 0.15) is 5.82 Å². The lowest BCUT2D eigenvalue weighted by Crippen LogP contribution is -2.16. The van der Waals surface area contributed by atoms with Crippen LogP contribution in [0.2, 0.25) is 0 Å². The van der Waals surface area contributed by atoms with Crippen LogP contribution in [-0.2, 0) is 4.79 Å². The van der Waals surface area contributed by atoms with Crippen molar-refractivity contribution in [3.63, 3.8) is 0 Å². The fourth-order valence-corrected chi connectivity index (χ4v) is 3.98. The molecule has 5 N–H and O–H groups in total. The van der Waals surface area contributed by atoms with Crippen molar-refractivity contribution in [2.45, 2.75) is 20.3 Å². The molecule has 2 aromatic heterocycles. The molecule has 1 fully saturated rings. The van der Waals surface area contributed by atoms with Gasteiger partial charge in [0.2, 0.25) is 5.91 Å². The molecule has 3 aromatic rings. The van der Waals surface area contributed by atoms with Crippen LogP contribution < -0.4 is 16.8 Å². The van der Waals surface area contributed by atoms with Crippen LogP contribution in [0.1, 0.15) is 18.9 Å². The largest absolute Gasteiger partial charge is 0.397 e. The first-order chi connectivity index (χ1) is 14.3. The number of pyridine rings is 2. The van der Waals surface area contributed by atoms with Crippen molar-refractivity contribution in [1.82, 2.24) is 9.97 Å². The molecule has 1 aromatic carbocycles. The summed E-state index contributed by atoms with van der Waals surface area (Å²) >= 11 is 0. The molecule has 0 bridgehead atoms. The minimum Gasteiger partial charge on any atom is -0.397 e. The Morgan fingerprint density at radius 2 is 2.03 bits per heavy atom. The Bertz CT molecular complexity index is 1220. The highest BCUT2D eigenvalue weighted by Gasteiger charge is 2.51. The average molecular weight is 404 g/mol. The predicted octanol–water partition coefficient (Wildman–Crippen LogP) is 3.64. The number of hydrogen-bond donors (Lipinski definition) is 3. The van der Waals surface area contributed by atoms with Crippen molar-refractivity contribution >= 4 is 33.9 Å². The van der Waals surface area contributed by atoms with Gasteiger partial charge in [0.15, 0.2) is 5.82 Å². The summed E-state index contributed by atoms with van der Waals surface area (Å²) in [5.74, 6) is -0.339. The summed E-state index contributed by atoms with van der Waals surface area (Å²) in [5.41, 5.74) is 13.9. The van der Waals surface area contributed by atoms with Gasteiger partial charge >= 0.3 is 0 Å². The van der Waals surface area contributed by atoms with Crippen LogP contribution in [0.5, 0.6) is 0 Å². The maximum Gasteiger partial charge on any atom is 0.229 e. The number of rotatable bonds is 4. The normalized spacial score (nSPS) is 20.0. The second-order valence-corrected chi connectivity index (χ2v) is 7.74. The number of carbonyl (C=O) groups is 1. The summed E-state index contributed by atoms with van der Waals surface area (Å²) in [4.78, 5) is 20.8. The number of nitrogen functional groups attached to an aromatic ring is 2. The van der Waals surface area contributed by atoms with E-state index in [0.29, 0.717) is 39.8 Å². The van der Waals surface area contributed by atoms with Gasteiger partial charge in [-0.1, -0.05) is 6.92 Å². The van der Waals surface area contributed by atoms with Crippen LogP contribution in [0.4, 0.5) is 21.6 Å². The molecule has 0 aliphatic heterocycles. The molecule has 1 aliphatic carbocycles. The van der Waals surface area contributed by atoms with Crippen molar-refractivity contribution in [2.75, 3.05) is 16.8 Å². The highest BCUT2D eigenvalue weighted by Crippen LogP contribution is 2.48. The highest BCUT2D eigenvalue weighted by atomic mass is 19.1. The van der Waals surface area contributed by atoms with Crippen LogP contribution >= 0.6 is 0 Å². The van der Waals surface area contributed by atoms with Crippen LogP contribution in [0, 0.1) is 41.8 Å². The number of hydrogen-bond acceptors (Lipinski definition) is 6. The zero-order valence-corrected chi connectivity index (χ0v) is 16.6. The van der Waals surface area contributed by atoms with Gasteiger partial charge in [-0.25, -0.2) is 9.37 Å². The molecule has 1 saturated carbocycles. The third-order valence-electron chi connectivity index (χ3n) is 5.99. The van der Waals surface area contributed by atoms with E-state index in [2.05, 4.69) is 21.4 Å². The predicted molar refractivity (Wildman–Crippen MR) is 113 cm³/mol. The van der Waals surface area contributed by atoms with Gasteiger partial charge in [0, 0.05) is 41.2 Å². The molecule has 2 heterocycles. The summed E-state index contributed by atoms with van der Waals surface area (Å²) in [6.07, 6.45) is 4.86. The van der Waals surface area contributed by atoms with Crippen molar-refractivity contribution in [1.29, 1.82) is 5.26 Å². The van der Waals surface area contributed by atoms with Crippen molar-refractivity contribution < 1.29 is 9.18 Å². The van der Waals surface area contributed by atoms with Gasteiger partial charge in [0.25, 0.3) is 0 Å². The van der Waals surface area contributed by atoms with Crippen molar-refractivity contribution in [3.05, 3.63) is 42.1 Å². The van der Waals surface area contributed by atoms with Crippen molar-refractivity contribution in [3.8, 4) is 17.2 Å². The highest BCUT2D eigenvalue weighted by molar-refractivity contribution is 6.00. The van der Waals surface area contributed by atoms with Gasteiger partial charge in [-0.15, -0.1) is 0 Å². The molecule has 152 valence electrons. The first-order valence-corrected chi connectivity index (χ1v) is 9.59. The number of carbonyl (C=O) groups excluding carboxylic acids is 1. The summed E-state index contributed by atoms with van der Waals surface area (Å²) in [5, 5.41) is 12.7. The average Bonchev–Trinajstić information content (AvgIpc) is 3.36. The number of nitrogens with zero attached hydrogens (tertiary/aromatic N) is 3. The monoisotopic (exact) mass is 404 g/mol. The smallest absolute Gasteiger partial charge is 0.229 e. The fraction of sp³-hybridized carbons (Fsp3) is 0.273. The zero-order chi connectivity index (χ0) is 21.6. The number of fused-ring (bicyclic) bond motifs is 1. The van der Waals surface area contributed by atoms with Gasteiger partial charge in [0.05, 0.1) is 23.6 Å². The lowest BCUT2D eigenvalue weighted by atomic mass is 9.97. The maximum atomic E-state index is 15.0. The zero-order valence-electron chi connectivity index (χ0n) is 16.6. The molecule has 1 aliphatic rings. The van der Waals surface area contributed by atoms with E-state index in [1.54, 1.807) is 25.3 Å².